The first-order valence-corrected chi connectivity index (χ1v) is 7.02. The van der Waals surface area contributed by atoms with Gasteiger partial charge in [0.2, 0.25) is 0 Å². The summed E-state index contributed by atoms with van der Waals surface area (Å²) in [6.07, 6.45) is 3.75. The van der Waals surface area contributed by atoms with Gasteiger partial charge >= 0.3 is 7.05 Å². The van der Waals surface area contributed by atoms with Crippen LogP contribution in [0.1, 0.15) is 0 Å². The van der Waals surface area contributed by atoms with E-state index in [2.05, 4.69) is 46.2 Å². The van der Waals surface area contributed by atoms with Gasteiger partial charge in [-0.3, -0.25) is 4.98 Å². The van der Waals surface area contributed by atoms with Crippen LogP contribution in [0, 0.1) is 0 Å². The number of fused-ring (bicyclic) bond motifs is 8. The molecule has 2 aromatic carbocycles. The van der Waals surface area contributed by atoms with E-state index < -0.39 is 0 Å². The minimum Gasteiger partial charge on any atom is -0.536 e. The topological polar surface area (TPSA) is 25.4 Å². The molecule has 0 atom stereocenters. The second kappa shape index (κ2) is 3.89. The molecule has 0 bridgehead atoms. The molecule has 0 N–H and O–H groups in total. The van der Waals surface area contributed by atoms with E-state index in [1.165, 1.54) is 16.8 Å². The lowest BCUT2D eigenvalue weighted by Gasteiger charge is -2.30. The zero-order valence-electron chi connectivity index (χ0n) is 11.2. The molecule has 21 heavy (non-hydrogen) atoms. The van der Waals surface area contributed by atoms with E-state index in [1.54, 1.807) is 0 Å². The Labute approximate surface area is 123 Å². The van der Waals surface area contributed by atoms with Crippen LogP contribution in [-0.4, -0.2) is 12.0 Å². The smallest absolute Gasteiger partial charge is 0.526 e. The number of hydrogen-bond donors (Lipinski definition) is 0. The predicted octanol–water partition coefficient (Wildman–Crippen LogP) is 2.99. The van der Waals surface area contributed by atoms with Crippen LogP contribution in [0.4, 0.5) is 11.4 Å². The molecule has 5 rings (SSSR count). The van der Waals surface area contributed by atoms with Crippen LogP contribution in [0.3, 0.4) is 0 Å². The van der Waals surface area contributed by atoms with Gasteiger partial charge in [-0.2, -0.15) is 0 Å². The molecule has 4 heteroatoms. The Morgan fingerprint density at radius 3 is 2.62 bits per heavy atom. The summed E-state index contributed by atoms with van der Waals surface area (Å²) in [5.41, 5.74) is 5.85. The summed E-state index contributed by atoms with van der Waals surface area (Å²) in [5.74, 6) is 0.925. The molecule has 0 aliphatic carbocycles. The van der Waals surface area contributed by atoms with E-state index >= 15 is 0 Å². The molecule has 0 spiro atoms. The normalized spacial score (nSPS) is 13.9. The van der Waals surface area contributed by atoms with Crippen LogP contribution in [-0.2, 0) is 0 Å². The number of rotatable bonds is 0. The van der Waals surface area contributed by atoms with Crippen molar-refractivity contribution in [1.82, 2.24) is 4.98 Å². The zero-order valence-corrected chi connectivity index (χ0v) is 11.2. The summed E-state index contributed by atoms with van der Waals surface area (Å²) in [4.78, 5) is 6.55. The van der Waals surface area contributed by atoms with E-state index in [4.69, 9.17) is 4.65 Å². The molecule has 0 radical (unpaired) electrons. The molecule has 0 saturated carbocycles. The zero-order chi connectivity index (χ0) is 13.8. The number of hydrogen-bond acceptors (Lipinski definition) is 3. The number of nitrogens with zero attached hydrogens (tertiary/aromatic N) is 2. The van der Waals surface area contributed by atoms with Gasteiger partial charge in [0.15, 0.2) is 0 Å². The molecule has 1 aromatic heterocycles. The third kappa shape index (κ3) is 1.36. The fourth-order valence-electron chi connectivity index (χ4n) is 3.27. The molecular weight excluding hydrogens is 259 g/mol. The third-order valence-electron chi connectivity index (χ3n) is 4.17. The highest BCUT2D eigenvalue weighted by Gasteiger charge is 2.44. The van der Waals surface area contributed by atoms with Gasteiger partial charge in [0.05, 0.1) is 5.69 Å². The molecule has 3 nitrogen and oxygen atoms in total. The van der Waals surface area contributed by atoms with Crippen molar-refractivity contribution in [2.24, 2.45) is 0 Å². The summed E-state index contributed by atoms with van der Waals surface area (Å²) in [6, 6.07) is 18.7. The fraction of sp³-hybridized carbons (Fsp3) is 0. The van der Waals surface area contributed by atoms with Crippen LogP contribution in [0.2, 0.25) is 0 Å². The third-order valence-corrected chi connectivity index (χ3v) is 4.17. The van der Waals surface area contributed by atoms with Crippen molar-refractivity contribution in [2.75, 3.05) is 4.81 Å². The molecule has 0 saturated heterocycles. The highest BCUT2D eigenvalue weighted by Crippen LogP contribution is 2.46. The van der Waals surface area contributed by atoms with E-state index in [0.717, 1.165) is 16.9 Å². The first-order chi connectivity index (χ1) is 10.4. The van der Waals surface area contributed by atoms with Crippen LogP contribution in [0.5, 0.6) is 5.75 Å². The number of benzene rings is 2. The average molecular weight is 270 g/mol. The van der Waals surface area contributed by atoms with Crippen molar-refractivity contribution in [1.29, 1.82) is 0 Å². The highest BCUT2D eigenvalue weighted by atomic mass is 16.5. The molecule has 0 amide bonds. The molecular formula is C17H11BN2O. The lowest BCUT2D eigenvalue weighted by atomic mass is 9.65. The minimum atomic E-state index is -0.124. The molecule has 3 heterocycles. The fourth-order valence-corrected chi connectivity index (χ4v) is 3.27. The van der Waals surface area contributed by atoms with Gasteiger partial charge in [-0.1, -0.05) is 30.3 Å². The quantitative estimate of drug-likeness (QED) is 0.587. The van der Waals surface area contributed by atoms with Crippen molar-refractivity contribution in [3.05, 3.63) is 67.0 Å². The second-order valence-corrected chi connectivity index (χ2v) is 5.29. The molecule has 3 aromatic rings. The average Bonchev–Trinajstić information content (AvgIpc) is 2.95. The number of anilines is 2. The van der Waals surface area contributed by atoms with Crippen molar-refractivity contribution in [3.8, 4) is 16.9 Å². The summed E-state index contributed by atoms with van der Waals surface area (Å²) in [6.45, 7) is 0. The summed E-state index contributed by atoms with van der Waals surface area (Å²) >= 11 is 0. The predicted molar refractivity (Wildman–Crippen MR) is 84.3 cm³/mol. The Balaban J connectivity index is 1.85. The highest BCUT2D eigenvalue weighted by molar-refractivity contribution is 6.77. The van der Waals surface area contributed by atoms with Crippen molar-refractivity contribution >= 4 is 23.9 Å². The Morgan fingerprint density at radius 2 is 1.67 bits per heavy atom. The maximum Gasteiger partial charge on any atom is 0.526 e. The standard InChI is InChI=1S/C17H11BN2O/c1-2-6-15-13(5-1)12-9-10-19-11-14(12)18-20(15)16-7-3-4-8-17(16)21-18/h1-11H. The SMILES string of the molecule is c1ccc2c(c1)OB1c3cnccc3-c3ccccc3N12. The van der Waals surface area contributed by atoms with Gasteiger partial charge in [-0.25, -0.2) is 0 Å². The van der Waals surface area contributed by atoms with Crippen LogP contribution in [0.25, 0.3) is 11.1 Å². The van der Waals surface area contributed by atoms with Crippen molar-refractivity contribution in [2.45, 2.75) is 0 Å². The first-order valence-electron chi connectivity index (χ1n) is 7.02. The summed E-state index contributed by atoms with van der Waals surface area (Å²) in [7, 11) is -0.124. The monoisotopic (exact) mass is 270 g/mol. The molecule has 2 aliphatic heterocycles. The van der Waals surface area contributed by atoms with E-state index in [-0.39, 0.29) is 7.05 Å². The number of pyridine rings is 1. The summed E-state index contributed by atoms with van der Waals surface area (Å²) < 4.78 is 6.18. The maximum absolute atomic E-state index is 6.18. The molecule has 2 aliphatic rings. The van der Waals surface area contributed by atoms with Crippen molar-refractivity contribution in [3.63, 3.8) is 0 Å². The van der Waals surface area contributed by atoms with E-state index in [9.17, 15) is 0 Å². The Hall–Kier alpha value is -2.75. The maximum atomic E-state index is 6.18. The van der Waals surface area contributed by atoms with Gasteiger partial charge in [-0.15, -0.1) is 0 Å². The number of aromatic nitrogens is 1. The molecule has 0 unspecified atom stereocenters. The van der Waals surface area contributed by atoms with Crippen LogP contribution >= 0.6 is 0 Å². The Morgan fingerprint density at radius 1 is 0.857 bits per heavy atom. The van der Waals surface area contributed by atoms with Gasteiger partial charge in [0.1, 0.15) is 5.75 Å². The largest absolute Gasteiger partial charge is 0.536 e. The lowest BCUT2D eigenvalue weighted by Crippen LogP contribution is -2.50. The lowest BCUT2D eigenvalue weighted by molar-refractivity contribution is 0.603. The summed E-state index contributed by atoms with van der Waals surface area (Å²) in [5, 5.41) is 0. The molecule has 0 fully saturated rings. The Bertz CT molecular complexity index is 865. The van der Waals surface area contributed by atoms with E-state index in [1.807, 2.05) is 30.6 Å². The van der Waals surface area contributed by atoms with Gasteiger partial charge in [0.25, 0.3) is 0 Å². The first kappa shape index (κ1) is 11.0. The molecule has 98 valence electrons. The minimum absolute atomic E-state index is 0.124. The second-order valence-electron chi connectivity index (χ2n) is 5.29. The van der Waals surface area contributed by atoms with Gasteiger partial charge < -0.3 is 9.47 Å². The van der Waals surface area contributed by atoms with Crippen LogP contribution in [0.15, 0.2) is 67.0 Å². The van der Waals surface area contributed by atoms with Gasteiger partial charge in [0, 0.05) is 29.1 Å². The van der Waals surface area contributed by atoms with E-state index in [0.29, 0.717) is 0 Å². The van der Waals surface area contributed by atoms with Gasteiger partial charge in [-0.05, 0) is 29.8 Å². The number of para-hydroxylation sites is 3. The van der Waals surface area contributed by atoms with Crippen molar-refractivity contribution < 1.29 is 4.65 Å². The Kier molecular flexibility index (Phi) is 2.03. The van der Waals surface area contributed by atoms with Crippen LogP contribution < -0.4 is 14.9 Å².